The molecule has 5 N–H and O–H groups in total. The van der Waals surface area contributed by atoms with Crippen molar-refractivity contribution in [1.29, 1.82) is 15.9 Å². The lowest BCUT2D eigenvalue weighted by Crippen LogP contribution is -2.33. The molecule has 0 radical (unpaired) electrons. The van der Waals surface area contributed by atoms with E-state index in [0.717, 1.165) is 18.5 Å². The maximum Gasteiger partial charge on any atom is 0.433 e. The predicted octanol–water partition coefficient (Wildman–Crippen LogP) is 2.93. The fourth-order valence-electron chi connectivity index (χ4n) is 3.44. The van der Waals surface area contributed by atoms with Crippen LogP contribution < -0.4 is 16.6 Å². The molecule has 13 heteroatoms. The highest BCUT2D eigenvalue weighted by Gasteiger charge is 2.35. The van der Waals surface area contributed by atoms with Gasteiger partial charge in [0.15, 0.2) is 0 Å². The van der Waals surface area contributed by atoms with Gasteiger partial charge in [-0.25, -0.2) is 4.98 Å². The second-order valence-electron chi connectivity index (χ2n) is 7.77. The van der Waals surface area contributed by atoms with Crippen LogP contribution in [0.15, 0.2) is 39.9 Å². The highest BCUT2D eigenvalue weighted by Crippen LogP contribution is 2.38. The Morgan fingerprint density at radius 3 is 2.63 bits per heavy atom. The molecule has 1 aliphatic rings. The summed E-state index contributed by atoms with van der Waals surface area (Å²) in [5, 5.41) is 28.9. The van der Waals surface area contributed by atoms with Gasteiger partial charge in [0.25, 0.3) is 5.56 Å². The summed E-state index contributed by atoms with van der Waals surface area (Å²) in [6, 6.07) is 4.64. The number of aromatic nitrogens is 3. The van der Waals surface area contributed by atoms with E-state index in [9.17, 15) is 23.2 Å². The fraction of sp³-hybridized carbons (Fsp3) is 0.318. The highest BCUT2D eigenvalue weighted by molar-refractivity contribution is 6.12. The van der Waals surface area contributed by atoms with E-state index in [-0.39, 0.29) is 34.7 Å². The van der Waals surface area contributed by atoms with Crippen molar-refractivity contribution in [3.8, 4) is 12.1 Å². The number of H-pyrrole nitrogens is 1. The Morgan fingerprint density at radius 1 is 1.37 bits per heavy atom. The van der Waals surface area contributed by atoms with Gasteiger partial charge in [0.2, 0.25) is 0 Å². The van der Waals surface area contributed by atoms with E-state index in [1.54, 1.807) is 13.0 Å². The largest absolute Gasteiger partial charge is 0.433 e. The summed E-state index contributed by atoms with van der Waals surface area (Å²) in [5.41, 5.74) is 3.23. The Labute approximate surface area is 197 Å². The number of anilines is 1. The number of hydrogen-bond acceptors (Lipinski definition) is 9. The molecule has 180 valence electrons. The number of halogens is 3. The number of pyridine rings is 1. The van der Waals surface area contributed by atoms with Crippen molar-refractivity contribution in [1.82, 2.24) is 15.0 Å². The van der Waals surface area contributed by atoms with Gasteiger partial charge in [-0.3, -0.25) is 20.2 Å². The Kier molecular flexibility index (Phi) is 7.30. The third-order valence-corrected chi connectivity index (χ3v) is 5.53. The summed E-state index contributed by atoms with van der Waals surface area (Å²) in [6.45, 7) is 1.62. The van der Waals surface area contributed by atoms with E-state index in [0.29, 0.717) is 18.4 Å². The van der Waals surface area contributed by atoms with Crippen LogP contribution in [0, 0.1) is 28.1 Å². The van der Waals surface area contributed by atoms with Crippen molar-refractivity contribution in [3.05, 3.63) is 63.1 Å². The monoisotopic (exact) mass is 483 g/mol. The summed E-state index contributed by atoms with van der Waals surface area (Å²) in [7, 11) is 0. The van der Waals surface area contributed by atoms with Crippen LogP contribution >= 0.6 is 0 Å². The molecule has 0 bridgehead atoms. The molecule has 1 saturated carbocycles. The summed E-state index contributed by atoms with van der Waals surface area (Å²) < 4.78 is 38.4. The molecular weight excluding hydrogens is 463 g/mol. The van der Waals surface area contributed by atoms with Gasteiger partial charge in [0, 0.05) is 24.5 Å². The van der Waals surface area contributed by atoms with E-state index in [1.165, 1.54) is 12.3 Å². The number of nitrogens with two attached hydrogens (primary N) is 1. The topological polar surface area (TPSA) is 180 Å². The summed E-state index contributed by atoms with van der Waals surface area (Å²) in [4.78, 5) is 27.6. The van der Waals surface area contributed by atoms with Crippen LogP contribution in [0.5, 0.6) is 0 Å². The molecule has 1 fully saturated rings. The zero-order valence-electron chi connectivity index (χ0n) is 18.4. The van der Waals surface area contributed by atoms with Crippen molar-refractivity contribution in [2.75, 3.05) is 5.32 Å². The first-order valence-corrected chi connectivity index (χ1v) is 10.4. The molecule has 10 nitrogen and oxygen atoms in total. The number of allylic oxidation sites excluding steroid dienone is 1. The second kappa shape index (κ2) is 10.2. The van der Waals surface area contributed by atoms with Gasteiger partial charge in [0.1, 0.15) is 40.7 Å². The molecule has 0 aromatic carbocycles. The molecule has 35 heavy (non-hydrogen) atoms. The number of hydrogen-bond donors (Lipinski definition) is 4. The molecule has 3 unspecified atom stereocenters. The SMILES string of the molecule is CC(Nc1nc(C2CCC2N=C/C(C#N)=C\N)[nH]c(=O)c1C(=N)C#N)c1ccc(C(F)(F)F)nc1. The maximum atomic E-state index is 12.8. The summed E-state index contributed by atoms with van der Waals surface area (Å²) in [5.74, 6) is -0.0733. The third-order valence-electron chi connectivity index (χ3n) is 5.53. The molecular formula is C22H20F3N9O. The predicted molar refractivity (Wildman–Crippen MR) is 121 cm³/mol. The number of aromatic amines is 1. The van der Waals surface area contributed by atoms with Crippen molar-refractivity contribution in [2.45, 2.75) is 43.9 Å². The average Bonchev–Trinajstić information content (AvgIpc) is 2.80. The second-order valence-corrected chi connectivity index (χ2v) is 7.77. The number of nitrogens with zero attached hydrogens (tertiary/aromatic N) is 5. The molecule has 2 aromatic heterocycles. The van der Waals surface area contributed by atoms with Gasteiger partial charge in [-0.15, -0.1) is 0 Å². The Morgan fingerprint density at radius 2 is 2.11 bits per heavy atom. The molecule has 3 atom stereocenters. The maximum absolute atomic E-state index is 12.8. The molecule has 2 heterocycles. The van der Waals surface area contributed by atoms with E-state index in [1.807, 2.05) is 6.07 Å². The lowest BCUT2D eigenvalue weighted by atomic mass is 9.79. The van der Waals surface area contributed by atoms with Crippen LogP contribution in [0.25, 0.3) is 0 Å². The number of rotatable bonds is 7. The first-order valence-electron chi connectivity index (χ1n) is 10.4. The molecule has 3 rings (SSSR count). The first kappa shape index (κ1) is 25.1. The molecule has 1 aliphatic carbocycles. The van der Waals surface area contributed by atoms with Crippen LogP contribution in [0.4, 0.5) is 19.0 Å². The van der Waals surface area contributed by atoms with Crippen molar-refractivity contribution < 1.29 is 13.2 Å². The van der Waals surface area contributed by atoms with Gasteiger partial charge < -0.3 is 16.0 Å². The van der Waals surface area contributed by atoms with Crippen LogP contribution in [0.2, 0.25) is 0 Å². The molecule has 0 amide bonds. The van der Waals surface area contributed by atoms with Crippen molar-refractivity contribution in [2.24, 2.45) is 10.7 Å². The van der Waals surface area contributed by atoms with Crippen molar-refractivity contribution >= 4 is 17.7 Å². The van der Waals surface area contributed by atoms with Gasteiger partial charge in [-0.2, -0.15) is 23.7 Å². The number of nitrogens with one attached hydrogen (secondary N) is 3. The zero-order chi connectivity index (χ0) is 25.8. The minimum Gasteiger partial charge on any atom is -0.403 e. The van der Waals surface area contributed by atoms with Gasteiger partial charge >= 0.3 is 6.18 Å². The standard InChI is InChI=1S/C22H20F3N9O/c1-11(13-2-5-17(31-10-13)22(23,24)25)32-20-18(15(29)8-28)21(35)34-19(33-20)14-3-4-16(14)30-9-12(6-26)7-27/h2,5-6,9-11,14,16,29H,3-4,26H2,1H3,(H2,32,33,34,35)/b12-6-,29-15?,30-9?. The van der Waals surface area contributed by atoms with E-state index in [4.69, 9.17) is 16.4 Å². The Balaban J connectivity index is 1.93. The van der Waals surface area contributed by atoms with E-state index >= 15 is 0 Å². The molecule has 0 aliphatic heterocycles. The average molecular weight is 483 g/mol. The molecule has 0 saturated heterocycles. The summed E-state index contributed by atoms with van der Waals surface area (Å²) >= 11 is 0. The van der Waals surface area contributed by atoms with Crippen LogP contribution in [0.3, 0.4) is 0 Å². The van der Waals surface area contributed by atoms with Crippen LogP contribution in [0.1, 0.15) is 54.4 Å². The van der Waals surface area contributed by atoms with E-state index in [2.05, 4.69) is 25.3 Å². The lowest BCUT2D eigenvalue weighted by Gasteiger charge is -2.33. The molecule has 2 aromatic rings. The summed E-state index contributed by atoms with van der Waals surface area (Å²) in [6.07, 6.45) is 0.264. The minimum atomic E-state index is -4.58. The fourth-order valence-corrected chi connectivity index (χ4v) is 3.44. The zero-order valence-corrected chi connectivity index (χ0v) is 18.4. The number of alkyl halides is 3. The van der Waals surface area contributed by atoms with Crippen LogP contribution in [-0.4, -0.2) is 32.9 Å². The van der Waals surface area contributed by atoms with Crippen LogP contribution in [-0.2, 0) is 6.18 Å². The number of aliphatic imine (C=N–C) groups is 1. The normalized spacial score (nSPS) is 18.9. The van der Waals surface area contributed by atoms with E-state index < -0.39 is 29.2 Å². The van der Waals surface area contributed by atoms with Gasteiger partial charge in [0.05, 0.1) is 17.7 Å². The van der Waals surface area contributed by atoms with Crippen molar-refractivity contribution in [3.63, 3.8) is 0 Å². The first-order chi connectivity index (χ1) is 16.6. The highest BCUT2D eigenvalue weighted by atomic mass is 19.4. The lowest BCUT2D eigenvalue weighted by molar-refractivity contribution is -0.141. The third kappa shape index (κ3) is 5.52. The Bertz CT molecular complexity index is 1310. The Hall–Kier alpha value is -4.52. The minimum absolute atomic E-state index is 0.0584. The molecule has 0 spiro atoms. The number of nitriles is 2. The van der Waals surface area contributed by atoms with Gasteiger partial charge in [-0.05, 0) is 31.4 Å². The van der Waals surface area contributed by atoms with Gasteiger partial charge in [-0.1, -0.05) is 6.07 Å². The smallest absolute Gasteiger partial charge is 0.403 e. The quantitative estimate of drug-likeness (QED) is 0.345.